The van der Waals surface area contributed by atoms with Gasteiger partial charge in [-0.25, -0.2) is 29.5 Å². The molecule has 7 aromatic rings. The number of rotatable bonds is 7. The van der Waals surface area contributed by atoms with Crippen molar-refractivity contribution in [1.82, 2.24) is 39.9 Å². The van der Waals surface area contributed by atoms with E-state index in [0.717, 1.165) is 102 Å². The zero-order valence-corrected chi connectivity index (χ0v) is 37.9. The van der Waals surface area contributed by atoms with Gasteiger partial charge in [0.05, 0.1) is 65.0 Å². The number of hydrogen-bond donors (Lipinski definition) is 3. The van der Waals surface area contributed by atoms with Gasteiger partial charge < -0.3 is 19.9 Å². The summed E-state index contributed by atoms with van der Waals surface area (Å²) in [6.07, 6.45) is 13.2. The highest BCUT2D eigenvalue weighted by Crippen LogP contribution is 2.40. The summed E-state index contributed by atoms with van der Waals surface area (Å²) in [7, 11) is 0. The molecule has 4 aliphatic heterocycles. The molecule has 0 saturated carbocycles. The lowest BCUT2D eigenvalue weighted by Crippen LogP contribution is -2.48. The van der Waals surface area contributed by atoms with E-state index in [0.29, 0.717) is 29.2 Å². The lowest BCUT2D eigenvalue weighted by Gasteiger charge is -2.35. The second-order valence-corrected chi connectivity index (χ2v) is 16.6. The number of hydrogen-bond acceptors (Lipinski definition) is 14. The molecule has 0 unspecified atom stereocenters. The molecule has 2 fully saturated rings. The molecule has 67 heavy (non-hydrogen) atoms. The molecule has 2 saturated heterocycles. The van der Waals surface area contributed by atoms with Crippen LogP contribution in [0.2, 0.25) is 0 Å². The van der Waals surface area contributed by atoms with Gasteiger partial charge in [-0.15, -0.1) is 0 Å². The monoisotopic (exact) mass is 896 g/mol. The van der Waals surface area contributed by atoms with Gasteiger partial charge in [0.25, 0.3) is 0 Å². The summed E-state index contributed by atoms with van der Waals surface area (Å²) >= 11 is 0. The molecule has 340 valence electrons. The maximum absolute atomic E-state index is 13.3. The fourth-order valence-corrected chi connectivity index (χ4v) is 8.41. The van der Waals surface area contributed by atoms with Gasteiger partial charge in [-0.1, -0.05) is 32.0 Å². The number of carbonyl (C=O) groups is 2. The molecule has 17 nitrogen and oxygen atoms in total. The van der Waals surface area contributed by atoms with Gasteiger partial charge in [0, 0.05) is 67.1 Å². The van der Waals surface area contributed by atoms with Gasteiger partial charge in [0.2, 0.25) is 0 Å². The normalized spacial score (nSPS) is 16.0. The fourth-order valence-electron chi connectivity index (χ4n) is 8.41. The lowest BCUT2D eigenvalue weighted by atomic mass is 10.1. The minimum atomic E-state index is -0.584. The summed E-state index contributed by atoms with van der Waals surface area (Å²) in [6, 6.07) is 25.6. The van der Waals surface area contributed by atoms with Crippen molar-refractivity contribution in [3.05, 3.63) is 139 Å². The third-order valence-corrected chi connectivity index (χ3v) is 11.9. The number of carbonyl (C=O) groups excluding carboxylic acids is 2. The van der Waals surface area contributed by atoms with Crippen LogP contribution in [0.3, 0.4) is 0 Å². The highest BCUT2D eigenvalue weighted by atomic mass is 16.6. The second kappa shape index (κ2) is 20.0. The van der Waals surface area contributed by atoms with Crippen molar-refractivity contribution < 1.29 is 14.3 Å². The van der Waals surface area contributed by atoms with E-state index >= 15 is 0 Å². The number of benzene rings is 1. The quantitative estimate of drug-likeness (QED) is 0.138. The van der Waals surface area contributed by atoms with Gasteiger partial charge >= 0.3 is 12.1 Å². The molecule has 10 heterocycles. The molecule has 4 bridgehead atoms. The first kappa shape index (κ1) is 44.1. The second-order valence-electron chi connectivity index (χ2n) is 16.6. The molecule has 0 spiro atoms. The van der Waals surface area contributed by atoms with Gasteiger partial charge in [-0.2, -0.15) is 0 Å². The number of anilines is 6. The van der Waals surface area contributed by atoms with Crippen LogP contribution in [0.5, 0.6) is 5.75 Å². The Labute approximate surface area is 389 Å². The Hall–Kier alpha value is -8.08. The summed E-state index contributed by atoms with van der Waals surface area (Å²) in [5.74, 6) is 3.01. The Balaban J connectivity index is 0.000000132. The maximum Gasteiger partial charge on any atom is 0.418 e. The third kappa shape index (κ3) is 10.4. The molecule has 11 rings (SSSR count). The van der Waals surface area contributed by atoms with E-state index in [1.165, 1.54) is 18.3 Å². The standard InChI is InChI=1S/C22H23N7O.C15H16N4.C13H13N3O2/c1-3-16-11-25-20(12-24-16)27-22(30)29-17-7-9-28(13-17)19-5-4-18(26-21(19)29)15-6-8-23-14(2)10-15;1-10-8-11(4-6-16-10)13-2-3-14-15(18-13)17-12-5-7-19(14)9-12;1-2-10-8-15-12(9-14-10)16-13(17)18-11-6-4-3-5-7-11/h4-6,8,10-12,17H,3,7,9,13H2,1-2H3,(H,25,27,30);2-4,6,8,12H,5,7,9H2,1H3,(H,17,18);3-9H,2H2,1H3,(H,15,16,17)/t17-;12-;/m00./s1. The summed E-state index contributed by atoms with van der Waals surface area (Å²) in [4.78, 5) is 66.3. The van der Waals surface area contributed by atoms with Crippen LogP contribution in [-0.4, -0.2) is 90.3 Å². The molecule has 0 radical (unpaired) electrons. The fraction of sp³-hybridized carbons (Fsp3) is 0.280. The van der Waals surface area contributed by atoms with Crippen LogP contribution in [0, 0.1) is 13.8 Å². The molecule has 1 aromatic carbocycles. The van der Waals surface area contributed by atoms with E-state index in [-0.39, 0.29) is 12.1 Å². The van der Waals surface area contributed by atoms with Crippen molar-refractivity contribution in [1.29, 1.82) is 0 Å². The van der Waals surface area contributed by atoms with Crippen LogP contribution in [0.15, 0.2) is 116 Å². The zero-order valence-electron chi connectivity index (χ0n) is 37.9. The number of aromatic nitrogens is 8. The number of pyridine rings is 4. The van der Waals surface area contributed by atoms with Crippen molar-refractivity contribution in [2.75, 3.05) is 56.8 Å². The number of nitrogens with one attached hydrogen (secondary N) is 3. The molecule has 6 aromatic heterocycles. The van der Waals surface area contributed by atoms with Crippen molar-refractivity contribution in [2.45, 2.75) is 65.5 Å². The third-order valence-electron chi connectivity index (χ3n) is 11.9. The minimum Gasteiger partial charge on any atom is -0.410 e. The van der Waals surface area contributed by atoms with Crippen LogP contribution >= 0.6 is 0 Å². The van der Waals surface area contributed by atoms with Gasteiger partial charge in [0.1, 0.15) is 5.75 Å². The van der Waals surface area contributed by atoms with Crippen molar-refractivity contribution in [3.8, 4) is 28.3 Å². The first-order valence-corrected chi connectivity index (χ1v) is 22.6. The number of para-hydroxylation sites is 1. The molecule has 0 aliphatic carbocycles. The maximum atomic E-state index is 13.3. The topological polar surface area (TPSA) is 192 Å². The molecule has 17 heteroatoms. The average molecular weight is 897 g/mol. The van der Waals surface area contributed by atoms with Crippen LogP contribution in [0.1, 0.15) is 49.5 Å². The van der Waals surface area contributed by atoms with Gasteiger partial charge in [-0.05, 0) is 100 Å². The summed E-state index contributed by atoms with van der Waals surface area (Å²) < 4.78 is 5.06. The van der Waals surface area contributed by atoms with Gasteiger partial charge in [-0.3, -0.25) is 35.5 Å². The highest BCUT2D eigenvalue weighted by Gasteiger charge is 2.40. The Morgan fingerprint density at radius 1 is 0.672 bits per heavy atom. The SMILES string of the molecule is CCc1cnc(NC(=O)N2c3nc(-c4ccnc(C)c4)ccc3N3CC[C@H]2C3)cn1.CCc1cnc(NC(=O)Oc2ccccc2)cn1.Cc1cc(-c2ccc3c(n2)N[C@H]2CCN3C2)ccn1. The van der Waals surface area contributed by atoms with Crippen LogP contribution in [0.25, 0.3) is 22.5 Å². The average Bonchev–Trinajstić information content (AvgIpc) is 3.96. The molecule has 3 amide bonds. The number of urea groups is 1. The number of fused-ring (bicyclic) bond motifs is 8. The summed E-state index contributed by atoms with van der Waals surface area (Å²) in [5, 5.41) is 8.95. The van der Waals surface area contributed by atoms with Crippen LogP contribution in [0.4, 0.5) is 44.2 Å². The predicted molar refractivity (Wildman–Crippen MR) is 260 cm³/mol. The Morgan fingerprint density at radius 3 is 1.91 bits per heavy atom. The number of aryl methyl sites for hydroxylation is 4. The lowest BCUT2D eigenvalue weighted by molar-refractivity contribution is 0.215. The first-order valence-electron chi connectivity index (χ1n) is 22.6. The first-order chi connectivity index (χ1) is 32.7. The molecular weight excluding hydrogens is 845 g/mol. The smallest absolute Gasteiger partial charge is 0.410 e. The Morgan fingerprint density at radius 2 is 1.28 bits per heavy atom. The number of ether oxygens (including phenoxy) is 1. The van der Waals surface area contributed by atoms with E-state index in [1.54, 1.807) is 54.0 Å². The summed E-state index contributed by atoms with van der Waals surface area (Å²) in [5.41, 5.74) is 9.90. The number of amides is 3. The van der Waals surface area contributed by atoms with E-state index < -0.39 is 6.09 Å². The largest absolute Gasteiger partial charge is 0.418 e. The van der Waals surface area contributed by atoms with E-state index in [9.17, 15) is 9.59 Å². The number of nitrogens with zero attached hydrogens (tertiary/aromatic N) is 11. The van der Waals surface area contributed by atoms with Crippen molar-refractivity contribution >= 4 is 46.8 Å². The molecule has 2 atom stereocenters. The van der Waals surface area contributed by atoms with E-state index in [1.807, 2.05) is 64.2 Å². The van der Waals surface area contributed by atoms with Crippen molar-refractivity contribution in [2.24, 2.45) is 0 Å². The van der Waals surface area contributed by atoms with Crippen molar-refractivity contribution in [3.63, 3.8) is 0 Å². The van der Waals surface area contributed by atoms with E-state index in [2.05, 4.69) is 79.9 Å². The minimum absolute atomic E-state index is 0.0855. The summed E-state index contributed by atoms with van der Waals surface area (Å²) in [6.45, 7) is 12.0. The zero-order chi connectivity index (χ0) is 46.3. The molecular formula is C50H52N14O3. The van der Waals surface area contributed by atoms with Crippen LogP contribution in [-0.2, 0) is 12.8 Å². The Kier molecular flexibility index (Phi) is 13.2. The molecule has 3 N–H and O–H groups in total. The predicted octanol–water partition coefficient (Wildman–Crippen LogP) is 8.54. The Bertz CT molecular complexity index is 2850. The molecule has 4 aliphatic rings. The van der Waals surface area contributed by atoms with Crippen LogP contribution < -0.4 is 35.4 Å². The van der Waals surface area contributed by atoms with E-state index in [4.69, 9.17) is 14.7 Å². The highest BCUT2D eigenvalue weighted by molar-refractivity contribution is 6.04. The van der Waals surface area contributed by atoms with Gasteiger partial charge in [0.15, 0.2) is 23.3 Å².